The molecule has 0 fully saturated rings. The summed E-state index contributed by atoms with van der Waals surface area (Å²) in [7, 11) is 0. The minimum atomic E-state index is -0.129. The fourth-order valence-electron chi connectivity index (χ4n) is 1.89. The number of nitriles is 1. The van der Waals surface area contributed by atoms with Crippen molar-refractivity contribution in [2.24, 2.45) is 0 Å². The Kier molecular flexibility index (Phi) is 5.25. The summed E-state index contributed by atoms with van der Waals surface area (Å²) in [5.74, 6) is 0.886. The molecule has 0 saturated carbocycles. The van der Waals surface area contributed by atoms with Crippen LogP contribution in [-0.4, -0.2) is 21.9 Å². The van der Waals surface area contributed by atoms with Crippen LogP contribution in [0.2, 0.25) is 0 Å². The standard InChI is InChI=1S/C16H12N4O2S2/c17-10-11-3-1-4-12(9-11)18-14(21)6-8-24-16-20-19-15(22-16)13-5-2-7-23-13/h1-5,7,9H,6,8H2,(H,18,21). The fourth-order valence-corrected chi connectivity index (χ4v) is 3.23. The largest absolute Gasteiger partial charge is 0.410 e. The van der Waals surface area contributed by atoms with E-state index in [-0.39, 0.29) is 5.91 Å². The first-order chi connectivity index (χ1) is 11.7. The molecule has 3 aromatic rings. The van der Waals surface area contributed by atoms with Gasteiger partial charge in [-0.15, -0.1) is 21.5 Å². The summed E-state index contributed by atoms with van der Waals surface area (Å²) >= 11 is 2.87. The SMILES string of the molecule is N#Cc1cccc(NC(=O)CCSc2nnc(-c3cccs3)o2)c1. The molecule has 1 N–H and O–H groups in total. The van der Waals surface area contributed by atoms with Gasteiger partial charge in [-0.1, -0.05) is 23.9 Å². The van der Waals surface area contributed by atoms with Crippen molar-refractivity contribution in [2.45, 2.75) is 11.6 Å². The summed E-state index contributed by atoms with van der Waals surface area (Å²) in [6.07, 6.45) is 0.304. The predicted octanol–water partition coefficient (Wildman–Crippen LogP) is 3.79. The van der Waals surface area contributed by atoms with Gasteiger partial charge in [0.1, 0.15) is 0 Å². The topological polar surface area (TPSA) is 91.8 Å². The number of carbonyl (C=O) groups is 1. The Hall–Kier alpha value is -2.63. The summed E-state index contributed by atoms with van der Waals surface area (Å²) in [5, 5.41) is 21.9. The van der Waals surface area contributed by atoms with Gasteiger partial charge in [-0.25, -0.2) is 0 Å². The van der Waals surface area contributed by atoms with Gasteiger partial charge in [-0.2, -0.15) is 5.26 Å². The van der Waals surface area contributed by atoms with E-state index in [1.807, 2.05) is 23.6 Å². The molecule has 1 amide bonds. The molecule has 8 heteroatoms. The number of carbonyl (C=O) groups excluding carboxylic acids is 1. The van der Waals surface area contributed by atoms with Crippen molar-refractivity contribution < 1.29 is 9.21 Å². The normalized spacial score (nSPS) is 10.3. The zero-order valence-corrected chi connectivity index (χ0v) is 14.1. The van der Waals surface area contributed by atoms with Crippen LogP contribution in [-0.2, 0) is 4.79 Å². The van der Waals surface area contributed by atoms with E-state index in [0.29, 0.717) is 34.5 Å². The molecule has 24 heavy (non-hydrogen) atoms. The van der Waals surface area contributed by atoms with E-state index < -0.39 is 0 Å². The number of nitrogens with zero attached hydrogens (tertiary/aromatic N) is 3. The lowest BCUT2D eigenvalue weighted by Crippen LogP contribution is -2.12. The number of anilines is 1. The Bertz CT molecular complexity index is 868. The van der Waals surface area contributed by atoms with E-state index in [9.17, 15) is 4.79 Å². The highest BCUT2D eigenvalue weighted by Gasteiger charge is 2.10. The number of amides is 1. The summed E-state index contributed by atoms with van der Waals surface area (Å²) in [6.45, 7) is 0. The van der Waals surface area contributed by atoms with Gasteiger partial charge >= 0.3 is 0 Å². The summed E-state index contributed by atoms with van der Waals surface area (Å²) in [5.41, 5.74) is 1.12. The average molecular weight is 356 g/mol. The highest BCUT2D eigenvalue weighted by molar-refractivity contribution is 7.99. The molecular weight excluding hydrogens is 344 g/mol. The van der Waals surface area contributed by atoms with Crippen LogP contribution in [0.1, 0.15) is 12.0 Å². The number of hydrogen-bond acceptors (Lipinski definition) is 7. The first-order valence-corrected chi connectivity index (χ1v) is 8.91. The Morgan fingerprint density at radius 2 is 2.25 bits per heavy atom. The smallest absolute Gasteiger partial charge is 0.276 e. The molecule has 0 atom stereocenters. The van der Waals surface area contributed by atoms with E-state index in [4.69, 9.17) is 9.68 Å². The second kappa shape index (κ2) is 7.77. The van der Waals surface area contributed by atoms with Gasteiger partial charge in [0.2, 0.25) is 5.91 Å². The number of aromatic nitrogens is 2. The van der Waals surface area contributed by atoms with E-state index in [2.05, 4.69) is 15.5 Å². The van der Waals surface area contributed by atoms with Crippen molar-refractivity contribution >= 4 is 34.7 Å². The first kappa shape index (κ1) is 16.2. The van der Waals surface area contributed by atoms with Crippen LogP contribution in [0, 0.1) is 11.3 Å². The fraction of sp³-hybridized carbons (Fsp3) is 0.125. The van der Waals surface area contributed by atoms with E-state index in [0.717, 1.165) is 4.88 Å². The van der Waals surface area contributed by atoms with E-state index in [1.54, 1.807) is 24.3 Å². The summed E-state index contributed by atoms with van der Waals surface area (Å²) in [6, 6.07) is 12.7. The van der Waals surface area contributed by atoms with Crippen LogP contribution in [0.5, 0.6) is 0 Å². The van der Waals surface area contributed by atoms with E-state index >= 15 is 0 Å². The van der Waals surface area contributed by atoms with Crippen molar-refractivity contribution in [3.8, 4) is 16.8 Å². The monoisotopic (exact) mass is 356 g/mol. The third-order valence-electron chi connectivity index (χ3n) is 2.97. The highest BCUT2D eigenvalue weighted by Crippen LogP contribution is 2.26. The molecule has 2 heterocycles. The Morgan fingerprint density at radius 3 is 3.04 bits per heavy atom. The Morgan fingerprint density at radius 1 is 1.33 bits per heavy atom. The Labute approximate surface area is 146 Å². The van der Waals surface area contributed by atoms with Crippen molar-refractivity contribution in [1.29, 1.82) is 5.26 Å². The van der Waals surface area contributed by atoms with Crippen LogP contribution in [0.3, 0.4) is 0 Å². The second-order valence-corrected chi connectivity index (χ2v) is 6.68. The molecule has 0 spiro atoms. The Balaban J connectivity index is 1.48. The minimum Gasteiger partial charge on any atom is -0.410 e. The van der Waals surface area contributed by atoms with E-state index in [1.165, 1.54) is 23.1 Å². The maximum Gasteiger partial charge on any atom is 0.276 e. The molecule has 0 saturated heterocycles. The molecular formula is C16H12N4O2S2. The van der Waals surface area contributed by atoms with Crippen molar-refractivity contribution in [3.05, 3.63) is 47.3 Å². The zero-order chi connectivity index (χ0) is 16.8. The van der Waals surface area contributed by atoms with Gasteiger partial charge in [0.05, 0.1) is 16.5 Å². The minimum absolute atomic E-state index is 0.129. The highest BCUT2D eigenvalue weighted by atomic mass is 32.2. The number of thiophene rings is 1. The molecule has 0 aliphatic carbocycles. The molecule has 0 bridgehead atoms. The third kappa shape index (κ3) is 4.22. The maximum atomic E-state index is 11.9. The van der Waals surface area contributed by atoms with Crippen LogP contribution >= 0.6 is 23.1 Å². The lowest BCUT2D eigenvalue weighted by atomic mass is 10.2. The maximum absolute atomic E-state index is 11.9. The molecule has 0 aliphatic rings. The van der Waals surface area contributed by atoms with Crippen LogP contribution in [0.25, 0.3) is 10.8 Å². The molecule has 6 nitrogen and oxygen atoms in total. The van der Waals surface area contributed by atoms with Gasteiger partial charge in [-0.3, -0.25) is 4.79 Å². The lowest BCUT2D eigenvalue weighted by Gasteiger charge is -2.04. The van der Waals surface area contributed by atoms with Gasteiger partial charge < -0.3 is 9.73 Å². The molecule has 0 radical (unpaired) electrons. The number of thioether (sulfide) groups is 1. The predicted molar refractivity (Wildman–Crippen MR) is 92.7 cm³/mol. The summed E-state index contributed by atoms with van der Waals surface area (Å²) < 4.78 is 5.54. The van der Waals surface area contributed by atoms with Gasteiger partial charge in [0.15, 0.2) is 0 Å². The van der Waals surface area contributed by atoms with Crippen LogP contribution < -0.4 is 5.32 Å². The third-order valence-corrected chi connectivity index (χ3v) is 4.65. The second-order valence-electron chi connectivity index (χ2n) is 4.69. The zero-order valence-electron chi connectivity index (χ0n) is 12.4. The number of hydrogen-bond donors (Lipinski definition) is 1. The average Bonchev–Trinajstić information content (AvgIpc) is 3.26. The van der Waals surface area contributed by atoms with Crippen molar-refractivity contribution in [2.75, 3.05) is 11.1 Å². The number of rotatable bonds is 6. The molecule has 2 aromatic heterocycles. The first-order valence-electron chi connectivity index (χ1n) is 7.05. The van der Waals surface area contributed by atoms with Gasteiger partial charge in [0.25, 0.3) is 11.1 Å². The quantitative estimate of drug-likeness (QED) is 0.676. The van der Waals surface area contributed by atoms with Crippen molar-refractivity contribution in [1.82, 2.24) is 10.2 Å². The summed E-state index contributed by atoms with van der Waals surface area (Å²) in [4.78, 5) is 12.8. The van der Waals surface area contributed by atoms with Crippen LogP contribution in [0.4, 0.5) is 5.69 Å². The van der Waals surface area contributed by atoms with Crippen LogP contribution in [0.15, 0.2) is 51.4 Å². The molecule has 1 aromatic carbocycles. The number of nitrogens with one attached hydrogen (secondary N) is 1. The molecule has 0 aliphatic heterocycles. The van der Waals surface area contributed by atoms with Crippen molar-refractivity contribution in [3.63, 3.8) is 0 Å². The molecule has 120 valence electrons. The van der Waals surface area contributed by atoms with Gasteiger partial charge in [0, 0.05) is 17.9 Å². The lowest BCUT2D eigenvalue weighted by molar-refractivity contribution is -0.115. The molecule has 3 rings (SSSR count). The molecule has 0 unspecified atom stereocenters. The number of benzene rings is 1. The van der Waals surface area contributed by atoms with Gasteiger partial charge in [-0.05, 0) is 29.6 Å².